The summed E-state index contributed by atoms with van der Waals surface area (Å²) in [5, 5.41) is 7.52. The second-order valence-corrected chi connectivity index (χ2v) is 7.27. The maximum Gasteiger partial charge on any atom is 0.227 e. The third-order valence-electron chi connectivity index (χ3n) is 3.70. The lowest BCUT2D eigenvalue weighted by atomic mass is 10.2. The summed E-state index contributed by atoms with van der Waals surface area (Å²) in [6, 6.07) is 8.44. The first-order chi connectivity index (χ1) is 10.7. The molecule has 0 aliphatic carbocycles. The van der Waals surface area contributed by atoms with Crippen LogP contribution in [-0.4, -0.2) is 47.5 Å². The Morgan fingerprint density at radius 3 is 3.14 bits per heavy atom. The van der Waals surface area contributed by atoms with Crippen LogP contribution >= 0.6 is 27.7 Å². The van der Waals surface area contributed by atoms with Crippen molar-refractivity contribution in [1.29, 1.82) is 0 Å². The van der Waals surface area contributed by atoms with E-state index in [2.05, 4.69) is 55.5 Å². The van der Waals surface area contributed by atoms with E-state index in [1.807, 2.05) is 12.1 Å². The molecule has 1 unspecified atom stereocenters. The van der Waals surface area contributed by atoms with Gasteiger partial charge in [-0.2, -0.15) is 4.98 Å². The van der Waals surface area contributed by atoms with Crippen molar-refractivity contribution in [3.63, 3.8) is 0 Å². The van der Waals surface area contributed by atoms with Crippen molar-refractivity contribution in [2.75, 3.05) is 32.4 Å². The van der Waals surface area contributed by atoms with Crippen molar-refractivity contribution in [1.82, 2.24) is 20.4 Å². The van der Waals surface area contributed by atoms with E-state index in [0.29, 0.717) is 5.89 Å². The fraction of sp³-hybridized carbons (Fsp3) is 0.467. The minimum Gasteiger partial charge on any atom is -0.339 e. The predicted molar refractivity (Wildman–Crippen MR) is 91.1 cm³/mol. The third-order valence-corrected chi connectivity index (χ3v) is 5.73. The van der Waals surface area contributed by atoms with Crippen molar-refractivity contribution in [2.45, 2.75) is 17.4 Å². The first-order valence-electron chi connectivity index (χ1n) is 7.35. The molecule has 0 radical (unpaired) electrons. The molecule has 2 aromatic rings. The number of halogens is 1. The molecule has 5 nitrogen and oxygen atoms in total. The van der Waals surface area contributed by atoms with E-state index in [-0.39, 0.29) is 6.04 Å². The summed E-state index contributed by atoms with van der Waals surface area (Å²) in [4.78, 5) is 8.05. The molecule has 118 valence electrons. The molecule has 1 atom stereocenters. The highest BCUT2D eigenvalue weighted by Crippen LogP contribution is 2.27. The van der Waals surface area contributed by atoms with Crippen LogP contribution in [0.15, 0.2) is 38.2 Å². The van der Waals surface area contributed by atoms with E-state index >= 15 is 0 Å². The van der Waals surface area contributed by atoms with Gasteiger partial charge in [0.15, 0.2) is 5.82 Å². The molecule has 0 amide bonds. The zero-order valence-corrected chi connectivity index (χ0v) is 14.9. The quantitative estimate of drug-likeness (QED) is 0.802. The lowest BCUT2D eigenvalue weighted by Crippen LogP contribution is -2.44. The van der Waals surface area contributed by atoms with Crippen molar-refractivity contribution in [2.24, 2.45) is 0 Å². The Kier molecular flexibility index (Phi) is 5.51. The Labute approximate surface area is 143 Å². The SMILES string of the molecule is CN1CCNCC1c1noc(CCSc2ccccc2Br)n1. The van der Waals surface area contributed by atoms with Crippen LogP contribution in [0.4, 0.5) is 0 Å². The number of nitrogens with zero attached hydrogens (tertiary/aromatic N) is 3. The average molecular weight is 383 g/mol. The van der Waals surface area contributed by atoms with Gasteiger partial charge in [0.25, 0.3) is 0 Å². The van der Waals surface area contributed by atoms with Gasteiger partial charge in [0.2, 0.25) is 5.89 Å². The van der Waals surface area contributed by atoms with Gasteiger partial charge in [-0.15, -0.1) is 11.8 Å². The molecule has 1 fully saturated rings. The molecule has 1 aliphatic heterocycles. The molecule has 2 heterocycles. The molecule has 0 spiro atoms. The first-order valence-corrected chi connectivity index (χ1v) is 9.12. The normalized spacial score (nSPS) is 19.5. The van der Waals surface area contributed by atoms with E-state index in [4.69, 9.17) is 4.52 Å². The Morgan fingerprint density at radius 1 is 1.45 bits per heavy atom. The molecule has 22 heavy (non-hydrogen) atoms. The van der Waals surface area contributed by atoms with Gasteiger partial charge >= 0.3 is 0 Å². The molecule has 1 N–H and O–H groups in total. The summed E-state index contributed by atoms with van der Waals surface area (Å²) in [6.45, 7) is 2.90. The van der Waals surface area contributed by atoms with Gasteiger partial charge in [-0.05, 0) is 35.1 Å². The van der Waals surface area contributed by atoms with Crippen LogP contribution in [0.2, 0.25) is 0 Å². The number of benzene rings is 1. The van der Waals surface area contributed by atoms with E-state index in [0.717, 1.165) is 42.1 Å². The number of hydrogen-bond acceptors (Lipinski definition) is 6. The van der Waals surface area contributed by atoms with Crippen LogP contribution in [0.5, 0.6) is 0 Å². The van der Waals surface area contributed by atoms with Crippen molar-refractivity contribution >= 4 is 27.7 Å². The number of piperazine rings is 1. The number of thioether (sulfide) groups is 1. The number of likely N-dealkylation sites (N-methyl/N-ethyl adjacent to an activating group) is 1. The van der Waals surface area contributed by atoms with Gasteiger partial charge in [-0.3, -0.25) is 4.90 Å². The predicted octanol–water partition coefficient (Wildman–Crippen LogP) is 2.74. The topological polar surface area (TPSA) is 54.2 Å². The smallest absolute Gasteiger partial charge is 0.227 e. The molecule has 0 bridgehead atoms. The summed E-state index contributed by atoms with van der Waals surface area (Å²) in [5.74, 6) is 2.42. The summed E-state index contributed by atoms with van der Waals surface area (Å²) < 4.78 is 6.52. The number of rotatable bonds is 5. The molecular formula is C15H19BrN4OS. The maximum atomic E-state index is 5.39. The van der Waals surface area contributed by atoms with Gasteiger partial charge in [0.05, 0.1) is 6.04 Å². The molecular weight excluding hydrogens is 364 g/mol. The van der Waals surface area contributed by atoms with Crippen LogP contribution in [0.25, 0.3) is 0 Å². The van der Waals surface area contributed by atoms with E-state index < -0.39 is 0 Å². The van der Waals surface area contributed by atoms with E-state index in [1.54, 1.807) is 11.8 Å². The standard InChI is InChI=1S/C15H19BrN4OS/c1-20-8-7-17-10-12(20)15-18-14(21-19-15)6-9-22-13-5-3-2-4-11(13)16/h2-5,12,17H,6-10H2,1H3. The fourth-order valence-corrected chi connectivity index (χ4v) is 3.91. The minimum absolute atomic E-state index is 0.210. The van der Waals surface area contributed by atoms with Crippen LogP contribution in [0.3, 0.4) is 0 Å². The summed E-state index contributed by atoms with van der Waals surface area (Å²) in [7, 11) is 2.10. The minimum atomic E-state index is 0.210. The monoisotopic (exact) mass is 382 g/mol. The molecule has 7 heteroatoms. The fourth-order valence-electron chi connectivity index (χ4n) is 2.41. The Bertz CT molecular complexity index is 621. The average Bonchev–Trinajstić information content (AvgIpc) is 2.98. The van der Waals surface area contributed by atoms with Crippen LogP contribution in [0, 0.1) is 0 Å². The number of aromatic nitrogens is 2. The number of aryl methyl sites for hydroxylation is 1. The molecule has 1 saturated heterocycles. The van der Waals surface area contributed by atoms with Gasteiger partial charge in [-0.25, -0.2) is 0 Å². The zero-order valence-electron chi connectivity index (χ0n) is 12.5. The highest BCUT2D eigenvalue weighted by atomic mass is 79.9. The highest BCUT2D eigenvalue weighted by Gasteiger charge is 2.25. The number of nitrogens with one attached hydrogen (secondary N) is 1. The lowest BCUT2D eigenvalue weighted by molar-refractivity contribution is 0.190. The van der Waals surface area contributed by atoms with Crippen LogP contribution in [-0.2, 0) is 6.42 Å². The van der Waals surface area contributed by atoms with E-state index in [9.17, 15) is 0 Å². The first kappa shape index (κ1) is 16.0. The van der Waals surface area contributed by atoms with Crippen molar-refractivity contribution in [3.05, 3.63) is 40.5 Å². The van der Waals surface area contributed by atoms with Crippen molar-refractivity contribution < 1.29 is 4.52 Å². The Balaban J connectivity index is 1.55. The molecule has 0 saturated carbocycles. The second-order valence-electron chi connectivity index (χ2n) is 5.28. The van der Waals surface area contributed by atoms with E-state index in [1.165, 1.54) is 4.90 Å². The van der Waals surface area contributed by atoms with Gasteiger partial charge < -0.3 is 9.84 Å². The Hall–Kier alpha value is -0.890. The van der Waals surface area contributed by atoms with Gasteiger partial charge in [-0.1, -0.05) is 17.3 Å². The zero-order chi connectivity index (χ0) is 15.4. The molecule has 1 aromatic heterocycles. The van der Waals surface area contributed by atoms with Crippen molar-refractivity contribution in [3.8, 4) is 0 Å². The summed E-state index contributed by atoms with van der Waals surface area (Å²) in [6.07, 6.45) is 0.781. The lowest BCUT2D eigenvalue weighted by Gasteiger charge is -2.30. The molecule has 3 rings (SSSR count). The molecule has 1 aliphatic rings. The second kappa shape index (κ2) is 7.59. The van der Waals surface area contributed by atoms with Crippen LogP contribution < -0.4 is 5.32 Å². The van der Waals surface area contributed by atoms with Gasteiger partial charge in [0, 0.05) is 41.2 Å². The molecule has 1 aromatic carbocycles. The number of hydrogen-bond donors (Lipinski definition) is 1. The summed E-state index contributed by atoms with van der Waals surface area (Å²) in [5.41, 5.74) is 0. The highest BCUT2D eigenvalue weighted by molar-refractivity contribution is 9.10. The third kappa shape index (κ3) is 3.90. The Morgan fingerprint density at radius 2 is 2.32 bits per heavy atom. The largest absolute Gasteiger partial charge is 0.339 e. The maximum absolute atomic E-state index is 5.39. The van der Waals surface area contributed by atoms with Crippen LogP contribution in [0.1, 0.15) is 17.8 Å². The summed E-state index contributed by atoms with van der Waals surface area (Å²) >= 11 is 5.35. The van der Waals surface area contributed by atoms with Gasteiger partial charge in [0.1, 0.15) is 0 Å².